The number of hydrogen-bond donors (Lipinski definition) is 2. The van der Waals surface area contributed by atoms with E-state index >= 15 is 0 Å². The lowest BCUT2D eigenvalue weighted by atomic mass is 10.1. The van der Waals surface area contributed by atoms with Crippen LogP contribution in [0.1, 0.15) is 11.3 Å². The van der Waals surface area contributed by atoms with E-state index in [1.165, 1.54) is 9.36 Å². The fourth-order valence-electron chi connectivity index (χ4n) is 4.40. The van der Waals surface area contributed by atoms with Crippen LogP contribution in [0, 0.1) is 0 Å². The zero-order valence-electron chi connectivity index (χ0n) is 18.1. The largest absolute Gasteiger partial charge is 0.384 e. The number of anilines is 1. The number of nitrogens with two attached hydrogens (primary N) is 1. The predicted molar refractivity (Wildman–Crippen MR) is 127 cm³/mol. The average Bonchev–Trinajstić information content (AvgIpc) is 3.41. The molecular formula is C23H19N9O2. The lowest BCUT2D eigenvalue weighted by molar-refractivity contribution is 0.633. The molecule has 5 heterocycles. The van der Waals surface area contributed by atoms with Crippen LogP contribution in [0.25, 0.3) is 32.7 Å². The monoisotopic (exact) mass is 453 g/mol. The van der Waals surface area contributed by atoms with Crippen molar-refractivity contribution in [2.45, 2.75) is 13.1 Å². The first-order valence-corrected chi connectivity index (χ1v) is 10.6. The SMILES string of the molecule is Cn1c2c(=O)n(Cc3cccc(N)n3)ncc2c2cnn(Cc3cccc4[nH]ncc34)c(=O)c21. The Labute approximate surface area is 191 Å². The minimum Gasteiger partial charge on any atom is -0.384 e. The first kappa shape index (κ1) is 19.9. The van der Waals surface area contributed by atoms with Gasteiger partial charge in [0.05, 0.1) is 42.9 Å². The lowest BCUT2D eigenvalue weighted by Crippen LogP contribution is -2.26. The molecule has 0 bridgehead atoms. The molecule has 0 spiro atoms. The van der Waals surface area contributed by atoms with Crippen LogP contribution in [0.15, 0.2) is 64.6 Å². The van der Waals surface area contributed by atoms with Crippen LogP contribution in [-0.4, -0.2) is 39.3 Å². The standard InChI is InChI=1S/C23H19N9O2/c1-30-20-16(9-26-31(22(20)33)11-13-4-2-6-18-15(13)8-25-29-18)17-10-27-32(23(34)21(17)30)12-14-5-3-7-19(24)28-14/h2-10H,11-12H2,1H3,(H2,24,28)(H,25,29). The van der Waals surface area contributed by atoms with Crippen molar-refractivity contribution in [3.8, 4) is 0 Å². The number of benzene rings is 1. The molecule has 0 amide bonds. The molecule has 0 aliphatic rings. The Balaban J connectivity index is 1.49. The van der Waals surface area contributed by atoms with Crippen molar-refractivity contribution in [3.63, 3.8) is 0 Å². The first-order valence-electron chi connectivity index (χ1n) is 10.6. The molecule has 1 aromatic carbocycles. The molecule has 0 saturated heterocycles. The van der Waals surface area contributed by atoms with E-state index in [0.29, 0.717) is 33.3 Å². The summed E-state index contributed by atoms with van der Waals surface area (Å²) in [5.41, 5.74) is 8.32. The van der Waals surface area contributed by atoms with Crippen LogP contribution in [0.2, 0.25) is 0 Å². The van der Waals surface area contributed by atoms with Gasteiger partial charge in [-0.2, -0.15) is 15.3 Å². The van der Waals surface area contributed by atoms with Gasteiger partial charge in [0.2, 0.25) is 0 Å². The molecule has 0 saturated carbocycles. The molecule has 0 atom stereocenters. The molecule has 5 aromatic heterocycles. The lowest BCUT2D eigenvalue weighted by Gasteiger charge is -2.07. The van der Waals surface area contributed by atoms with Gasteiger partial charge in [0.25, 0.3) is 11.1 Å². The summed E-state index contributed by atoms with van der Waals surface area (Å²) in [7, 11) is 1.71. The highest BCUT2D eigenvalue weighted by atomic mass is 16.1. The molecule has 6 rings (SSSR count). The summed E-state index contributed by atoms with van der Waals surface area (Å²) in [6.07, 6.45) is 4.93. The van der Waals surface area contributed by atoms with Crippen molar-refractivity contribution in [1.82, 2.24) is 39.3 Å². The fourth-order valence-corrected chi connectivity index (χ4v) is 4.40. The third-order valence-corrected chi connectivity index (χ3v) is 6.03. The zero-order chi connectivity index (χ0) is 23.4. The number of H-pyrrole nitrogens is 1. The summed E-state index contributed by atoms with van der Waals surface area (Å²) >= 11 is 0. The average molecular weight is 453 g/mol. The van der Waals surface area contributed by atoms with Crippen molar-refractivity contribution in [3.05, 3.63) is 87.0 Å². The Bertz CT molecular complexity index is 1840. The van der Waals surface area contributed by atoms with E-state index in [2.05, 4.69) is 25.4 Å². The Hall–Kier alpha value is -4.80. The van der Waals surface area contributed by atoms with Gasteiger partial charge in [-0.15, -0.1) is 0 Å². The molecule has 0 fully saturated rings. The number of rotatable bonds is 4. The normalized spacial score (nSPS) is 11.7. The van der Waals surface area contributed by atoms with E-state index < -0.39 is 0 Å². The van der Waals surface area contributed by atoms with Gasteiger partial charge in [-0.25, -0.2) is 14.3 Å². The minimum absolute atomic E-state index is 0.165. The van der Waals surface area contributed by atoms with E-state index in [9.17, 15) is 9.59 Å². The number of nitrogens with zero attached hydrogens (tertiary/aromatic N) is 7. The highest BCUT2D eigenvalue weighted by Gasteiger charge is 2.19. The van der Waals surface area contributed by atoms with E-state index in [1.54, 1.807) is 48.4 Å². The van der Waals surface area contributed by atoms with Gasteiger partial charge in [0.1, 0.15) is 16.9 Å². The van der Waals surface area contributed by atoms with Crippen LogP contribution in [-0.2, 0) is 20.1 Å². The summed E-state index contributed by atoms with van der Waals surface area (Å²) in [4.78, 5) is 31.0. The number of hydrogen-bond acceptors (Lipinski definition) is 7. The zero-order valence-corrected chi connectivity index (χ0v) is 18.1. The summed E-state index contributed by atoms with van der Waals surface area (Å²) in [6.45, 7) is 0.440. The maximum atomic E-state index is 13.4. The van der Waals surface area contributed by atoms with E-state index in [0.717, 1.165) is 16.5 Å². The third-order valence-electron chi connectivity index (χ3n) is 6.03. The van der Waals surface area contributed by atoms with Crippen molar-refractivity contribution in [1.29, 1.82) is 0 Å². The van der Waals surface area contributed by atoms with Gasteiger partial charge in [0, 0.05) is 23.2 Å². The summed E-state index contributed by atoms with van der Waals surface area (Å²) < 4.78 is 4.33. The molecule has 11 heteroatoms. The molecule has 3 N–H and O–H groups in total. The number of pyridine rings is 1. The van der Waals surface area contributed by atoms with E-state index in [1.807, 2.05) is 18.2 Å². The second-order valence-electron chi connectivity index (χ2n) is 8.10. The molecule has 0 radical (unpaired) electrons. The predicted octanol–water partition coefficient (Wildman–Crippen LogP) is 1.39. The van der Waals surface area contributed by atoms with Crippen LogP contribution in [0.5, 0.6) is 0 Å². The van der Waals surface area contributed by atoms with Crippen LogP contribution in [0.3, 0.4) is 0 Å². The maximum Gasteiger partial charge on any atom is 0.291 e. The highest BCUT2D eigenvalue weighted by Crippen LogP contribution is 2.23. The van der Waals surface area contributed by atoms with Crippen LogP contribution < -0.4 is 16.9 Å². The second kappa shape index (κ2) is 7.37. The first-order chi connectivity index (χ1) is 16.5. The Morgan fingerprint density at radius 1 is 0.853 bits per heavy atom. The second-order valence-corrected chi connectivity index (χ2v) is 8.10. The molecule has 0 unspecified atom stereocenters. The summed E-state index contributed by atoms with van der Waals surface area (Å²) in [5.74, 6) is 0.369. The van der Waals surface area contributed by atoms with Gasteiger partial charge in [-0.1, -0.05) is 18.2 Å². The Kier molecular flexibility index (Phi) is 4.30. The molecule has 34 heavy (non-hydrogen) atoms. The molecule has 0 aliphatic carbocycles. The molecule has 6 aromatic rings. The van der Waals surface area contributed by atoms with Crippen LogP contribution >= 0.6 is 0 Å². The Morgan fingerprint density at radius 2 is 1.53 bits per heavy atom. The summed E-state index contributed by atoms with van der Waals surface area (Å²) in [5, 5.41) is 17.8. The third kappa shape index (κ3) is 2.98. The number of nitrogens with one attached hydrogen (secondary N) is 1. The number of aryl methyl sites for hydroxylation is 1. The van der Waals surface area contributed by atoms with Crippen molar-refractivity contribution in [2.24, 2.45) is 7.05 Å². The number of aromatic amines is 1. The smallest absolute Gasteiger partial charge is 0.291 e. The molecule has 0 aliphatic heterocycles. The van der Waals surface area contributed by atoms with Gasteiger partial charge >= 0.3 is 0 Å². The van der Waals surface area contributed by atoms with Gasteiger partial charge in [0.15, 0.2) is 0 Å². The van der Waals surface area contributed by atoms with Gasteiger partial charge in [-0.05, 0) is 23.8 Å². The van der Waals surface area contributed by atoms with Crippen molar-refractivity contribution >= 4 is 38.5 Å². The van der Waals surface area contributed by atoms with E-state index in [4.69, 9.17) is 5.73 Å². The quantitative estimate of drug-likeness (QED) is 0.411. The fraction of sp³-hybridized carbons (Fsp3) is 0.130. The highest BCUT2D eigenvalue weighted by molar-refractivity contribution is 6.06. The topological polar surface area (TPSA) is 142 Å². The number of aromatic nitrogens is 8. The van der Waals surface area contributed by atoms with Gasteiger partial charge in [-0.3, -0.25) is 14.7 Å². The molecule has 168 valence electrons. The minimum atomic E-state index is -0.325. The number of nitrogen functional groups attached to an aromatic ring is 1. The molecule has 11 nitrogen and oxygen atoms in total. The molecular weight excluding hydrogens is 434 g/mol. The van der Waals surface area contributed by atoms with Gasteiger partial charge < -0.3 is 10.3 Å². The Morgan fingerprint density at radius 3 is 2.24 bits per heavy atom. The van der Waals surface area contributed by atoms with Crippen molar-refractivity contribution in [2.75, 3.05) is 5.73 Å². The van der Waals surface area contributed by atoms with Crippen LogP contribution in [0.4, 0.5) is 5.82 Å². The number of fused-ring (bicyclic) bond motifs is 4. The maximum absolute atomic E-state index is 13.4. The van der Waals surface area contributed by atoms with E-state index in [-0.39, 0.29) is 24.2 Å². The summed E-state index contributed by atoms with van der Waals surface area (Å²) in [6, 6.07) is 11.0. The van der Waals surface area contributed by atoms with Crippen molar-refractivity contribution < 1.29 is 0 Å².